The molecule has 1 unspecified atom stereocenters. The minimum absolute atomic E-state index is 0.305. The van der Waals surface area contributed by atoms with Crippen molar-refractivity contribution in [3.05, 3.63) is 42.2 Å². The van der Waals surface area contributed by atoms with Gasteiger partial charge in [0.1, 0.15) is 0 Å². The van der Waals surface area contributed by atoms with Crippen molar-refractivity contribution < 1.29 is 4.74 Å². The number of benzene rings is 1. The van der Waals surface area contributed by atoms with Crippen molar-refractivity contribution in [3.8, 4) is 17.2 Å². The number of hydrogen-bond donors (Lipinski definition) is 0. The predicted octanol–water partition coefficient (Wildman–Crippen LogP) is 1.81. The molecule has 0 spiro atoms. The molecule has 1 aromatic carbocycles. The molecule has 2 heterocycles. The van der Waals surface area contributed by atoms with Gasteiger partial charge in [-0.3, -0.25) is 9.58 Å². The number of rotatable bonds is 3. The predicted molar refractivity (Wildman–Crippen MR) is 79.3 cm³/mol. The normalized spacial score (nSPS) is 19.3. The van der Waals surface area contributed by atoms with Crippen LogP contribution in [0.2, 0.25) is 0 Å². The zero-order chi connectivity index (χ0) is 14.7. The van der Waals surface area contributed by atoms with Gasteiger partial charge in [-0.1, -0.05) is 18.2 Å². The first kappa shape index (κ1) is 13.8. The Morgan fingerprint density at radius 3 is 3.10 bits per heavy atom. The van der Waals surface area contributed by atoms with E-state index in [2.05, 4.69) is 40.3 Å². The third kappa shape index (κ3) is 3.30. The SMILES string of the molecule is Cn1cc(-c2cccc(CN3CCOC(C#N)C3)c2)cn1. The molecule has 0 aliphatic carbocycles. The lowest BCUT2D eigenvalue weighted by atomic mass is 10.1. The highest BCUT2D eigenvalue weighted by Gasteiger charge is 2.19. The molecule has 21 heavy (non-hydrogen) atoms. The fourth-order valence-corrected chi connectivity index (χ4v) is 2.60. The van der Waals surface area contributed by atoms with Crippen LogP contribution in [-0.2, 0) is 18.3 Å². The Labute approximate surface area is 124 Å². The Kier molecular flexibility index (Phi) is 4.00. The van der Waals surface area contributed by atoms with E-state index in [1.807, 2.05) is 24.1 Å². The maximum atomic E-state index is 8.96. The molecule has 2 aromatic rings. The van der Waals surface area contributed by atoms with E-state index >= 15 is 0 Å². The summed E-state index contributed by atoms with van der Waals surface area (Å²) in [5.74, 6) is 0. The second-order valence-electron chi connectivity index (χ2n) is 5.33. The largest absolute Gasteiger partial charge is 0.361 e. The summed E-state index contributed by atoms with van der Waals surface area (Å²) in [4.78, 5) is 2.26. The van der Waals surface area contributed by atoms with Crippen molar-refractivity contribution in [2.24, 2.45) is 7.05 Å². The van der Waals surface area contributed by atoms with Gasteiger partial charge in [0.15, 0.2) is 6.10 Å². The lowest BCUT2D eigenvalue weighted by Crippen LogP contribution is -2.41. The summed E-state index contributed by atoms with van der Waals surface area (Å²) >= 11 is 0. The Hall–Kier alpha value is -2.16. The number of aryl methyl sites for hydroxylation is 1. The molecule has 1 saturated heterocycles. The number of nitriles is 1. The molecule has 1 aliphatic heterocycles. The van der Waals surface area contributed by atoms with Crippen LogP contribution in [0.15, 0.2) is 36.7 Å². The van der Waals surface area contributed by atoms with Crippen LogP contribution in [0.4, 0.5) is 0 Å². The van der Waals surface area contributed by atoms with Crippen molar-refractivity contribution in [1.82, 2.24) is 14.7 Å². The first-order valence-corrected chi connectivity index (χ1v) is 7.06. The van der Waals surface area contributed by atoms with Crippen LogP contribution >= 0.6 is 0 Å². The van der Waals surface area contributed by atoms with E-state index in [0.29, 0.717) is 13.2 Å². The zero-order valence-electron chi connectivity index (χ0n) is 12.1. The van der Waals surface area contributed by atoms with E-state index in [0.717, 1.165) is 18.7 Å². The fraction of sp³-hybridized carbons (Fsp3) is 0.375. The average molecular weight is 282 g/mol. The fourth-order valence-electron chi connectivity index (χ4n) is 2.60. The van der Waals surface area contributed by atoms with E-state index in [-0.39, 0.29) is 6.10 Å². The zero-order valence-corrected chi connectivity index (χ0v) is 12.1. The summed E-state index contributed by atoms with van der Waals surface area (Å²) in [7, 11) is 1.92. The van der Waals surface area contributed by atoms with Crippen LogP contribution in [-0.4, -0.2) is 40.5 Å². The standard InChI is InChI=1S/C16H18N4O/c1-19-11-15(9-18-19)14-4-2-3-13(7-14)10-20-5-6-21-16(8-17)12-20/h2-4,7,9,11,16H,5-6,10,12H2,1H3. The lowest BCUT2D eigenvalue weighted by molar-refractivity contribution is -0.00268. The van der Waals surface area contributed by atoms with Crippen molar-refractivity contribution in [3.63, 3.8) is 0 Å². The monoisotopic (exact) mass is 282 g/mol. The van der Waals surface area contributed by atoms with Gasteiger partial charge in [-0.15, -0.1) is 0 Å². The average Bonchev–Trinajstić information content (AvgIpc) is 2.94. The molecule has 0 amide bonds. The van der Waals surface area contributed by atoms with Gasteiger partial charge in [-0.2, -0.15) is 10.4 Å². The molecule has 0 N–H and O–H groups in total. The lowest BCUT2D eigenvalue weighted by Gasteiger charge is -2.29. The van der Waals surface area contributed by atoms with Gasteiger partial charge >= 0.3 is 0 Å². The molecule has 0 saturated carbocycles. The molecular formula is C16H18N4O. The molecule has 108 valence electrons. The highest BCUT2D eigenvalue weighted by Crippen LogP contribution is 2.20. The van der Waals surface area contributed by atoms with E-state index in [4.69, 9.17) is 10.00 Å². The minimum Gasteiger partial charge on any atom is -0.361 e. The third-order valence-corrected chi connectivity index (χ3v) is 3.67. The van der Waals surface area contributed by atoms with Crippen LogP contribution in [0.5, 0.6) is 0 Å². The highest BCUT2D eigenvalue weighted by molar-refractivity contribution is 5.62. The number of nitrogens with zero attached hydrogens (tertiary/aromatic N) is 4. The summed E-state index contributed by atoms with van der Waals surface area (Å²) in [5.41, 5.74) is 3.54. The van der Waals surface area contributed by atoms with Crippen molar-refractivity contribution in [2.75, 3.05) is 19.7 Å². The van der Waals surface area contributed by atoms with Crippen molar-refractivity contribution >= 4 is 0 Å². The van der Waals surface area contributed by atoms with Crippen LogP contribution in [0.1, 0.15) is 5.56 Å². The van der Waals surface area contributed by atoms with Gasteiger partial charge in [0.25, 0.3) is 0 Å². The molecule has 1 atom stereocenters. The van der Waals surface area contributed by atoms with Crippen LogP contribution < -0.4 is 0 Å². The van der Waals surface area contributed by atoms with Crippen LogP contribution in [0.3, 0.4) is 0 Å². The Bertz CT molecular complexity index is 658. The van der Waals surface area contributed by atoms with Gasteiger partial charge in [-0.05, 0) is 17.2 Å². The number of aromatic nitrogens is 2. The first-order valence-electron chi connectivity index (χ1n) is 7.06. The Morgan fingerprint density at radius 2 is 2.33 bits per heavy atom. The highest BCUT2D eigenvalue weighted by atomic mass is 16.5. The first-order chi connectivity index (χ1) is 10.2. The van der Waals surface area contributed by atoms with Gasteiger partial charge in [0.2, 0.25) is 0 Å². The molecule has 0 radical (unpaired) electrons. The van der Waals surface area contributed by atoms with Gasteiger partial charge in [-0.25, -0.2) is 0 Å². The molecule has 1 fully saturated rings. The van der Waals surface area contributed by atoms with E-state index in [1.54, 1.807) is 0 Å². The molecule has 1 aliphatic rings. The van der Waals surface area contributed by atoms with Gasteiger partial charge < -0.3 is 4.74 Å². The maximum Gasteiger partial charge on any atom is 0.156 e. The molecule has 0 bridgehead atoms. The minimum atomic E-state index is -0.305. The van der Waals surface area contributed by atoms with E-state index in [9.17, 15) is 0 Å². The summed E-state index contributed by atoms with van der Waals surface area (Å²) in [6.45, 7) is 3.01. The van der Waals surface area contributed by atoms with Gasteiger partial charge in [0, 0.05) is 38.4 Å². The molecule has 1 aromatic heterocycles. The van der Waals surface area contributed by atoms with E-state index < -0.39 is 0 Å². The Morgan fingerprint density at radius 1 is 1.43 bits per heavy atom. The van der Waals surface area contributed by atoms with Crippen LogP contribution in [0.25, 0.3) is 11.1 Å². The molecule has 3 rings (SSSR count). The van der Waals surface area contributed by atoms with Crippen molar-refractivity contribution in [2.45, 2.75) is 12.6 Å². The third-order valence-electron chi connectivity index (χ3n) is 3.67. The molecule has 5 heteroatoms. The second kappa shape index (κ2) is 6.08. The topological polar surface area (TPSA) is 54.1 Å². The summed E-state index contributed by atoms with van der Waals surface area (Å²) in [5, 5.41) is 13.2. The summed E-state index contributed by atoms with van der Waals surface area (Å²) in [6, 6.07) is 10.7. The Balaban J connectivity index is 1.73. The smallest absolute Gasteiger partial charge is 0.156 e. The molecular weight excluding hydrogens is 264 g/mol. The second-order valence-corrected chi connectivity index (χ2v) is 5.33. The van der Waals surface area contributed by atoms with Crippen molar-refractivity contribution in [1.29, 1.82) is 5.26 Å². The van der Waals surface area contributed by atoms with E-state index in [1.165, 1.54) is 11.1 Å². The van der Waals surface area contributed by atoms with Gasteiger partial charge in [0.05, 0.1) is 18.9 Å². The molecule has 5 nitrogen and oxygen atoms in total. The summed E-state index contributed by atoms with van der Waals surface area (Å²) in [6.07, 6.45) is 3.58. The quantitative estimate of drug-likeness (QED) is 0.861. The van der Waals surface area contributed by atoms with Crippen LogP contribution in [0, 0.1) is 11.3 Å². The number of ether oxygens (including phenoxy) is 1. The maximum absolute atomic E-state index is 8.96. The number of hydrogen-bond acceptors (Lipinski definition) is 4. The number of morpholine rings is 1. The summed E-state index contributed by atoms with van der Waals surface area (Å²) < 4.78 is 7.18.